The summed E-state index contributed by atoms with van der Waals surface area (Å²) in [5.41, 5.74) is -0.115. The van der Waals surface area contributed by atoms with E-state index < -0.39 is 5.97 Å². The normalized spacial score (nSPS) is 15.8. The van der Waals surface area contributed by atoms with Gasteiger partial charge in [0.15, 0.2) is 5.89 Å². The zero-order valence-electron chi connectivity index (χ0n) is 9.23. The molecule has 1 saturated carbocycles. The van der Waals surface area contributed by atoms with Crippen LogP contribution in [0.15, 0.2) is 4.42 Å². The molecule has 88 valence electrons. The summed E-state index contributed by atoms with van der Waals surface area (Å²) in [7, 11) is 0. The van der Waals surface area contributed by atoms with Gasteiger partial charge in [-0.1, -0.05) is 6.42 Å². The number of hydrogen-bond donors (Lipinski definition) is 1. The molecule has 0 amide bonds. The zero-order valence-corrected chi connectivity index (χ0v) is 9.23. The summed E-state index contributed by atoms with van der Waals surface area (Å²) in [4.78, 5) is 14.8. The van der Waals surface area contributed by atoms with Gasteiger partial charge in [0.1, 0.15) is 0 Å². The maximum absolute atomic E-state index is 10.9. The number of carboxylic acid groups (broad SMARTS) is 1. The Hall–Kier alpha value is -1.52. The van der Waals surface area contributed by atoms with E-state index >= 15 is 0 Å². The van der Waals surface area contributed by atoms with E-state index in [4.69, 9.17) is 14.3 Å². The summed E-state index contributed by atoms with van der Waals surface area (Å²) in [6.45, 7) is 2.15. The van der Waals surface area contributed by atoms with Gasteiger partial charge in [0.2, 0.25) is 5.69 Å². The second-order valence-electron chi connectivity index (χ2n) is 3.98. The molecule has 0 saturated heterocycles. The molecule has 0 spiro atoms. The van der Waals surface area contributed by atoms with Gasteiger partial charge in [0.05, 0.1) is 6.61 Å². The molecule has 0 radical (unpaired) electrons. The van der Waals surface area contributed by atoms with Crippen molar-refractivity contribution in [2.75, 3.05) is 6.61 Å². The number of carbonyl (C=O) groups is 1. The van der Waals surface area contributed by atoms with Gasteiger partial charge in [-0.2, -0.15) is 0 Å². The highest BCUT2D eigenvalue weighted by Crippen LogP contribution is 2.31. The van der Waals surface area contributed by atoms with E-state index in [2.05, 4.69) is 4.98 Å². The Bertz CT molecular complexity index is 381. The van der Waals surface area contributed by atoms with Crippen molar-refractivity contribution in [2.24, 2.45) is 5.92 Å². The maximum atomic E-state index is 10.9. The van der Waals surface area contributed by atoms with Crippen molar-refractivity contribution >= 4 is 5.97 Å². The standard InChI is InChI=1S/C11H15NO4/c1-2-15-11-9(10(13)14)12-8(16-11)6-7-4-3-5-7/h7H,2-6H2,1H3,(H,13,14). The Kier molecular flexibility index (Phi) is 3.12. The third-order valence-corrected chi connectivity index (χ3v) is 2.81. The number of nitrogens with zero attached hydrogens (tertiary/aromatic N) is 1. The Morgan fingerprint density at radius 2 is 2.38 bits per heavy atom. The Morgan fingerprint density at radius 3 is 2.88 bits per heavy atom. The molecular formula is C11H15NO4. The lowest BCUT2D eigenvalue weighted by Gasteiger charge is -2.23. The van der Waals surface area contributed by atoms with E-state index in [1.165, 1.54) is 19.3 Å². The third kappa shape index (κ3) is 2.18. The van der Waals surface area contributed by atoms with Crippen LogP contribution in [0, 0.1) is 5.92 Å². The van der Waals surface area contributed by atoms with Crippen molar-refractivity contribution < 1.29 is 19.1 Å². The molecule has 5 heteroatoms. The lowest BCUT2D eigenvalue weighted by atomic mass is 9.83. The Morgan fingerprint density at radius 1 is 1.62 bits per heavy atom. The fraction of sp³-hybridized carbons (Fsp3) is 0.636. The molecule has 0 aliphatic heterocycles. The van der Waals surface area contributed by atoms with E-state index in [1.54, 1.807) is 6.92 Å². The third-order valence-electron chi connectivity index (χ3n) is 2.81. The quantitative estimate of drug-likeness (QED) is 0.830. The van der Waals surface area contributed by atoms with Gasteiger partial charge >= 0.3 is 11.9 Å². The molecule has 1 aromatic rings. The lowest BCUT2D eigenvalue weighted by molar-refractivity contribution is 0.0683. The molecule has 1 aliphatic carbocycles. The van der Waals surface area contributed by atoms with E-state index in [0.29, 0.717) is 24.8 Å². The molecule has 1 aromatic heterocycles. The SMILES string of the molecule is CCOc1oc(CC2CCC2)nc1C(=O)O. The van der Waals surface area contributed by atoms with E-state index in [1.807, 2.05) is 0 Å². The van der Waals surface area contributed by atoms with Gasteiger partial charge in [0, 0.05) is 6.42 Å². The number of aromatic carboxylic acids is 1. The van der Waals surface area contributed by atoms with Crippen molar-refractivity contribution in [2.45, 2.75) is 32.6 Å². The number of aromatic nitrogens is 1. The predicted molar refractivity (Wildman–Crippen MR) is 55.7 cm³/mol. The van der Waals surface area contributed by atoms with Crippen LogP contribution in [-0.2, 0) is 6.42 Å². The minimum Gasteiger partial charge on any atom is -0.476 e. The molecule has 16 heavy (non-hydrogen) atoms. The van der Waals surface area contributed by atoms with Crippen LogP contribution in [0.1, 0.15) is 42.6 Å². The van der Waals surface area contributed by atoms with E-state index in [-0.39, 0.29) is 11.6 Å². The average Bonchev–Trinajstić information content (AvgIpc) is 2.56. The highest BCUT2D eigenvalue weighted by Gasteiger charge is 2.25. The van der Waals surface area contributed by atoms with Crippen LogP contribution in [0.4, 0.5) is 0 Å². The summed E-state index contributed by atoms with van der Waals surface area (Å²) < 4.78 is 10.4. The first kappa shape index (κ1) is 11.0. The number of ether oxygens (including phenoxy) is 1. The molecule has 1 heterocycles. The van der Waals surface area contributed by atoms with Crippen molar-refractivity contribution in [3.8, 4) is 5.95 Å². The number of rotatable bonds is 5. The van der Waals surface area contributed by atoms with E-state index in [9.17, 15) is 4.79 Å². The Balaban J connectivity index is 2.12. The van der Waals surface area contributed by atoms with Crippen LogP contribution >= 0.6 is 0 Å². The average molecular weight is 225 g/mol. The first-order valence-corrected chi connectivity index (χ1v) is 5.56. The second-order valence-corrected chi connectivity index (χ2v) is 3.98. The van der Waals surface area contributed by atoms with Gasteiger partial charge in [-0.15, -0.1) is 0 Å². The van der Waals surface area contributed by atoms with Crippen molar-refractivity contribution in [1.82, 2.24) is 4.98 Å². The minimum absolute atomic E-state index is 0.0318. The summed E-state index contributed by atoms with van der Waals surface area (Å²) in [5.74, 6) is -0.00305. The van der Waals surface area contributed by atoms with Crippen LogP contribution in [-0.4, -0.2) is 22.7 Å². The van der Waals surface area contributed by atoms with Crippen molar-refractivity contribution in [1.29, 1.82) is 0 Å². The summed E-state index contributed by atoms with van der Waals surface area (Å²) in [6, 6.07) is 0. The molecule has 1 N–H and O–H groups in total. The van der Waals surface area contributed by atoms with Crippen LogP contribution in [0.5, 0.6) is 5.95 Å². The molecule has 5 nitrogen and oxygen atoms in total. The second kappa shape index (κ2) is 4.55. The largest absolute Gasteiger partial charge is 0.476 e. The minimum atomic E-state index is -1.10. The van der Waals surface area contributed by atoms with Crippen LogP contribution in [0.3, 0.4) is 0 Å². The Labute approximate surface area is 93.4 Å². The molecule has 2 rings (SSSR count). The molecule has 0 atom stereocenters. The predicted octanol–water partition coefficient (Wildman–Crippen LogP) is 2.11. The number of carboxylic acids is 1. The number of hydrogen-bond acceptors (Lipinski definition) is 4. The molecule has 0 aromatic carbocycles. The van der Waals surface area contributed by atoms with Gasteiger partial charge in [-0.25, -0.2) is 9.78 Å². The van der Waals surface area contributed by atoms with E-state index in [0.717, 1.165) is 0 Å². The summed E-state index contributed by atoms with van der Waals surface area (Å²) in [6.07, 6.45) is 4.31. The van der Waals surface area contributed by atoms with Gasteiger partial charge in [-0.05, 0) is 25.7 Å². The lowest BCUT2D eigenvalue weighted by Crippen LogP contribution is -2.13. The monoisotopic (exact) mass is 225 g/mol. The topological polar surface area (TPSA) is 72.6 Å². The zero-order chi connectivity index (χ0) is 11.5. The first-order valence-electron chi connectivity index (χ1n) is 5.56. The molecule has 1 fully saturated rings. The van der Waals surface area contributed by atoms with Crippen LogP contribution in [0.25, 0.3) is 0 Å². The van der Waals surface area contributed by atoms with Crippen molar-refractivity contribution in [3.63, 3.8) is 0 Å². The number of oxazole rings is 1. The first-order chi connectivity index (χ1) is 7.70. The molecule has 0 unspecified atom stereocenters. The molecule has 0 bridgehead atoms. The highest BCUT2D eigenvalue weighted by atomic mass is 16.6. The van der Waals surface area contributed by atoms with Gasteiger partial charge in [0.25, 0.3) is 0 Å². The fourth-order valence-electron chi connectivity index (χ4n) is 1.74. The smallest absolute Gasteiger partial charge is 0.362 e. The highest BCUT2D eigenvalue weighted by molar-refractivity contribution is 5.87. The van der Waals surface area contributed by atoms with Crippen molar-refractivity contribution in [3.05, 3.63) is 11.6 Å². The van der Waals surface area contributed by atoms with Crippen LogP contribution < -0.4 is 4.74 Å². The summed E-state index contributed by atoms with van der Waals surface area (Å²) >= 11 is 0. The van der Waals surface area contributed by atoms with Gasteiger partial charge < -0.3 is 14.3 Å². The summed E-state index contributed by atoms with van der Waals surface area (Å²) in [5, 5.41) is 8.91. The fourth-order valence-corrected chi connectivity index (χ4v) is 1.74. The maximum Gasteiger partial charge on any atom is 0.362 e. The van der Waals surface area contributed by atoms with Gasteiger partial charge in [-0.3, -0.25) is 0 Å². The van der Waals surface area contributed by atoms with Crippen LogP contribution in [0.2, 0.25) is 0 Å². The molecule has 1 aliphatic rings. The molecular weight excluding hydrogens is 210 g/mol.